The summed E-state index contributed by atoms with van der Waals surface area (Å²) >= 11 is 0. The molecule has 2 amide bonds. The maximum atomic E-state index is 13.5. The van der Waals surface area contributed by atoms with Gasteiger partial charge in [0.15, 0.2) is 0 Å². The van der Waals surface area contributed by atoms with Crippen molar-refractivity contribution in [2.75, 3.05) is 29.9 Å². The molecule has 2 aromatic rings. The molecule has 8 heteroatoms. The monoisotopic (exact) mass is 374 g/mol. The summed E-state index contributed by atoms with van der Waals surface area (Å²) in [6, 6.07) is 6.56. The van der Waals surface area contributed by atoms with Gasteiger partial charge in [-0.25, -0.2) is 8.78 Å². The molecule has 27 heavy (non-hydrogen) atoms. The molecule has 0 atom stereocenters. The number of carbonyl (C=O) groups excluding carboxylic acids is 2. The Kier molecular flexibility index (Phi) is 5.95. The Morgan fingerprint density at radius 2 is 1.78 bits per heavy atom. The Hall–Kier alpha value is -3.03. The number of aromatic nitrogens is 1. The molecule has 1 aliphatic heterocycles. The number of carbonyl (C=O) groups is 2. The van der Waals surface area contributed by atoms with Gasteiger partial charge in [0.25, 0.3) is 0 Å². The van der Waals surface area contributed by atoms with Crippen LogP contribution in [0.15, 0.2) is 42.7 Å². The minimum Gasteiger partial charge on any atom is -0.371 e. The lowest BCUT2D eigenvalue weighted by Gasteiger charge is -2.33. The van der Waals surface area contributed by atoms with E-state index in [1.807, 2.05) is 12.1 Å². The first-order chi connectivity index (χ1) is 13.0. The standard InChI is InChI=1S/C19H20F2N4O2/c20-14-1-2-16(21)17(11-14)24-19(27)18(26)23-12-13-5-9-25(10-6-13)15-3-7-22-8-4-15/h1-4,7-8,11,13H,5-6,9-10,12H2,(H,23,26)(H,24,27). The third kappa shape index (κ3) is 4.99. The van der Waals surface area contributed by atoms with Gasteiger partial charge in [-0.2, -0.15) is 0 Å². The maximum absolute atomic E-state index is 13.5. The van der Waals surface area contributed by atoms with Crippen molar-refractivity contribution in [1.29, 1.82) is 0 Å². The number of pyridine rings is 1. The summed E-state index contributed by atoms with van der Waals surface area (Å²) < 4.78 is 26.6. The van der Waals surface area contributed by atoms with Gasteiger partial charge in [-0.15, -0.1) is 0 Å². The Balaban J connectivity index is 1.44. The van der Waals surface area contributed by atoms with Crippen molar-refractivity contribution in [2.45, 2.75) is 12.8 Å². The smallest absolute Gasteiger partial charge is 0.313 e. The van der Waals surface area contributed by atoms with Crippen LogP contribution in [0.1, 0.15) is 12.8 Å². The molecule has 3 rings (SSSR count). The SMILES string of the molecule is O=C(NCC1CCN(c2ccncc2)CC1)C(=O)Nc1cc(F)ccc1F. The van der Waals surface area contributed by atoms with Crippen LogP contribution >= 0.6 is 0 Å². The van der Waals surface area contributed by atoms with Crippen molar-refractivity contribution in [3.05, 3.63) is 54.4 Å². The largest absolute Gasteiger partial charge is 0.371 e. The van der Waals surface area contributed by atoms with Crippen molar-refractivity contribution in [3.63, 3.8) is 0 Å². The minimum atomic E-state index is -1.02. The first-order valence-corrected chi connectivity index (χ1v) is 8.72. The number of piperidine rings is 1. The highest BCUT2D eigenvalue weighted by Gasteiger charge is 2.22. The summed E-state index contributed by atoms with van der Waals surface area (Å²) in [5.74, 6) is -3.14. The van der Waals surface area contributed by atoms with Crippen LogP contribution in [0.4, 0.5) is 20.2 Å². The van der Waals surface area contributed by atoms with Crippen molar-refractivity contribution in [3.8, 4) is 0 Å². The van der Waals surface area contributed by atoms with E-state index in [1.165, 1.54) is 0 Å². The molecule has 0 saturated carbocycles. The van der Waals surface area contributed by atoms with Crippen molar-refractivity contribution >= 4 is 23.2 Å². The van der Waals surface area contributed by atoms with E-state index in [9.17, 15) is 18.4 Å². The Morgan fingerprint density at radius 3 is 2.48 bits per heavy atom. The quantitative estimate of drug-likeness (QED) is 0.806. The molecule has 0 bridgehead atoms. The number of nitrogens with zero attached hydrogens (tertiary/aromatic N) is 2. The van der Waals surface area contributed by atoms with Crippen molar-refractivity contribution in [1.82, 2.24) is 10.3 Å². The Labute approximate surface area is 155 Å². The van der Waals surface area contributed by atoms with E-state index in [1.54, 1.807) is 12.4 Å². The molecule has 1 aromatic carbocycles. The highest BCUT2D eigenvalue weighted by Crippen LogP contribution is 2.22. The zero-order chi connectivity index (χ0) is 19.2. The fourth-order valence-electron chi connectivity index (χ4n) is 3.04. The summed E-state index contributed by atoms with van der Waals surface area (Å²) in [5.41, 5.74) is 0.754. The van der Waals surface area contributed by atoms with Crippen LogP contribution in [0.5, 0.6) is 0 Å². The fraction of sp³-hybridized carbons (Fsp3) is 0.316. The summed E-state index contributed by atoms with van der Waals surface area (Å²) in [4.78, 5) is 30.0. The first kappa shape index (κ1) is 18.8. The number of halogens is 2. The zero-order valence-corrected chi connectivity index (χ0v) is 14.6. The lowest BCUT2D eigenvalue weighted by atomic mass is 9.96. The summed E-state index contributed by atoms with van der Waals surface area (Å²) in [5, 5.41) is 4.65. The zero-order valence-electron chi connectivity index (χ0n) is 14.6. The van der Waals surface area contributed by atoms with Gasteiger partial charge < -0.3 is 15.5 Å². The molecule has 1 aromatic heterocycles. The number of benzene rings is 1. The van der Waals surface area contributed by atoms with Crippen LogP contribution in [0.25, 0.3) is 0 Å². The molecule has 0 spiro atoms. The van der Waals surface area contributed by atoms with Crippen LogP contribution in [0.3, 0.4) is 0 Å². The molecular formula is C19H20F2N4O2. The summed E-state index contributed by atoms with van der Waals surface area (Å²) in [6.45, 7) is 2.07. The van der Waals surface area contributed by atoms with Crippen LogP contribution in [0, 0.1) is 17.6 Å². The van der Waals surface area contributed by atoms with E-state index < -0.39 is 23.4 Å². The van der Waals surface area contributed by atoms with E-state index in [2.05, 4.69) is 20.5 Å². The minimum absolute atomic E-state index is 0.255. The molecule has 1 aliphatic rings. The van der Waals surface area contributed by atoms with Crippen molar-refractivity contribution in [2.24, 2.45) is 5.92 Å². The molecule has 0 aliphatic carbocycles. The van der Waals surface area contributed by atoms with Gasteiger partial charge in [-0.3, -0.25) is 14.6 Å². The highest BCUT2D eigenvalue weighted by molar-refractivity contribution is 6.39. The van der Waals surface area contributed by atoms with E-state index >= 15 is 0 Å². The van der Waals surface area contributed by atoms with E-state index in [0.29, 0.717) is 6.54 Å². The van der Waals surface area contributed by atoms with Gasteiger partial charge >= 0.3 is 11.8 Å². The van der Waals surface area contributed by atoms with Crippen LogP contribution in [-0.2, 0) is 9.59 Å². The van der Waals surface area contributed by atoms with Crippen LogP contribution in [0.2, 0.25) is 0 Å². The molecule has 0 radical (unpaired) electrons. The maximum Gasteiger partial charge on any atom is 0.313 e. The second-order valence-electron chi connectivity index (χ2n) is 6.42. The third-order valence-electron chi connectivity index (χ3n) is 4.58. The summed E-state index contributed by atoms with van der Waals surface area (Å²) in [6.07, 6.45) is 5.26. The van der Waals surface area contributed by atoms with Crippen LogP contribution < -0.4 is 15.5 Å². The van der Waals surface area contributed by atoms with Gasteiger partial charge in [-0.1, -0.05) is 0 Å². The third-order valence-corrected chi connectivity index (χ3v) is 4.58. The second kappa shape index (κ2) is 8.57. The number of anilines is 2. The molecular weight excluding hydrogens is 354 g/mol. The predicted molar refractivity (Wildman–Crippen MR) is 97.2 cm³/mol. The summed E-state index contributed by atoms with van der Waals surface area (Å²) in [7, 11) is 0. The average Bonchev–Trinajstić information content (AvgIpc) is 2.70. The molecule has 142 valence electrons. The Morgan fingerprint density at radius 1 is 1.07 bits per heavy atom. The van der Waals surface area contributed by atoms with Gasteiger partial charge in [0.05, 0.1) is 5.69 Å². The second-order valence-corrected chi connectivity index (χ2v) is 6.42. The van der Waals surface area contributed by atoms with E-state index in [4.69, 9.17) is 0 Å². The Bertz CT molecular complexity index is 809. The van der Waals surface area contributed by atoms with Gasteiger partial charge in [0, 0.05) is 43.8 Å². The molecule has 6 nitrogen and oxygen atoms in total. The normalized spacial score (nSPS) is 14.7. The molecule has 1 fully saturated rings. The van der Waals surface area contributed by atoms with Gasteiger partial charge in [0.2, 0.25) is 0 Å². The molecule has 0 unspecified atom stereocenters. The first-order valence-electron chi connectivity index (χ1n) is 8.72. The van der Waals surface area contributed by atoms with Crippen molar-refractivity contribution < 1.29 is 18.4 Å². The van der Waals surface area contributed by atoms with E-state index in [0.717, 1.165) is 49.8 Å². The average molecular weight is 374 g/mol. The predicted octanol–water partition coefficient (Wildman–Crippen LogP) is 2.33. The molecule has 1 saturated heterocycles. The molecule has 2 heterocycles. The lowest BCUT2D eigenvalue weighted by Crippen LogP contribution is -2.42. The fourth-order valence-corrected chi connectivity index (χ4v) is 3.04. The number of rotatable bonds is 4. The number of hydrogen-bond donors (Lipinski definition) is 2. The highest BCUT2D eigenvalue weighted by atomic mass is 19.1. The van der Waals surface area contributed by atoms with Gasteiger partial charge in [-0.05, 0) is 43.0 Å². The van der Waals surface area contributed by atoms with Gasteiger partial charge in [0.1, 0.15) is 11.6 Å². The van der Waals surface area contributed by atoms with E-state index in [-0.39, 0.29) is 11.6 Å². The number of amides is 2. The number of nitrogens with one attached hydrogen (secondary N) is 2. The topological polar surface area (TPSA) is 74.3 Å². The van der Waals surface area contributed by atoms with Crippen LogP contribution in [-0.4, -0.2) is 36.4 Å². The number of hydrogen-bond acceptors (Lipinski definition) is 4. The molecule has 2 N–H and O–H groups in total. The lowest BCUT2D eigenvalue weighted by molar-refractivity contribution is -0.136.